The Bertz CT molecular complexity index is 394. The van der Waals surface area contributed by atoms with Crippen LogP contribution in [0.3, 0.4) is 0 Å². The maximum atomic E-state index is 12.0. The van der Waals surface area contributed by atoms with Crippen LogP contribution in [0.4, 0.5) is 0 Å². The van der Waals surface area contributed by atoms with Crippen LogP contribution >= 0.6 is 0 Å². The lowest BCUT2D eigenvalue weighted by atomic mass is 9.89. The Hall–Kier alpha value is -1.12. The first kappa shape index (κ1) is 10.1. The molecule has 0 amide bonds. The van der Waals surface area contributed by atoms with Crippen molar-refractivity contribution in [3.05, 3.63) is 11.1 Å². The molecule has 0 unspecified atom stereocenters. The highest BCUT2D eigenvalue weighted by molar-refractivity contribution is 6.07. The molecule has 1 saturated carbocycles. The van der Waals surface area contributed by atoms with Crippen molar-refractivity contribution in [2.75, 3.05) is 6.61 Å². The van der Waals surface area contributed by atoms with Gasteiger partial charge in [0.1, 0.15) is 0 Å². The highest BCUT2D eigenvalue weighted by Gasteiger charge is 2.65. The second-order valence-electron chi connectivity index (χ2n) is 4.90. The Morgan fingerprint density at radius 2 is 2.06 bits per heavy atom. The number of allylic oxidation sites excluding steroid dienone is 2. The fraction of sp³-hybridized carbons (Fsp3) is 0.692. The maximum Gasteiger partial charge on any atom is 0.310 e. The molecule has 16 heavy (non-hydrogen) atoms. The summed E-state index contributed by atoms with van der Waals surface area (Å²) in [6.45, 7) is 2.22. The summed E-state index contributed by atoms with van der Waals surface area (Å²) in [5, 5.41) is 0. The molecule has 3 atom stereocenters. The van der Waals surface area contributed by atoms with Gasteiger partial charge in [0.25, 0.3) is 0 Å². The molecule has 3 nitrogen and oxygen atoms in total. The molecule has 3 aliphatic carbocycles. The Morgan fingerprint density at radius 3 is 2.81 bits per heavy atom. The Kier molecular flexibility index (Phi) is 2.16. The second-order valence-corrected chi connectivity index (χ2v) is 4.90. The van der Waals surface area contributed by atoms with E-state index in [1.807, 2.05) is 6.92 Å². The predicted molar refractivity (Wildman–Crippen MR) is 57.6 cm³/mol. The predicted octanol–water partition coefficient (Wildman–Crippen LogP) is 1.86. The Balaban J connectivity index is 1.81. The topological polar surface area (TPSA) is 43.4 Å². The van der Waals surface area contributed by atoms with Gasteiger partial charge in [-0.1, -0.05) is 5.57 Å². The number of carbonyl (C=O) groups is 2. The molecule has 0 bridgehead atoms. The van der Waals surface area contributed by atoms with E-state index >= 15 is 0 Å². The van der Waals surface area contributed by atoms with Crippen LogP contribution in [0.15, 0.2) is 11.1 Å². The van der Waals surface area contributed by atoms with E-state index in [9.17, 15) is 9.59 Å². The highest BCUT2D eigenvalue weighted by Crippen LogP contribution is 2.61. The van der Waals surface area contributed by atoms with Crippen molar-refractivity contribution in [1.29, 1.82) is 0 Å². The fourth-order valence-corrected chi connectivity index (χ4v) is 3.38. The smallest absolute Gasteiger partial charge is 0.310 e. The molecule has 0 saturated heterocycles. The zero-order chi connectivity index (χ0) is 11.3. The van der Waals surface area contributed by atoms with Crippen LogP contribution in [0.2, 0.25) is 0 Å². The average Bonchev–Trinajstić information content (AvgIpc) is 2.97. The second kappa shape index (κ2) is 3.44. The Morgan fingerprint density at radius 1 is 1.31 bits per heavy atom. The molecule has 0 N–H and O–H groups in total. The van der Waals surface area contributed by atoms with Gasteiger partial charge in [-0.3, -0.25) is 9.59 Å². The van der Waals surface area contributed by atoms with E-state index in [-0.39, 0.29) is 29.5 Å². The van der Waals surface area contributed by atoms with Crippen LogP contribution in [0, 0.1) is 17.8 Å². The summed E-state index contributed by atoms with van der Waals surface area (Å²) < 4.78 is 5.02. The number of hydrogen-bond acceptors (Lipinski definition) is 3. The molecule has 3 aliphatic rings. The van der Waals surface area contributed by atoms with Crippen molar-refractivity contribution in [1.82, 2.24) is 0 Å². The van der Waals surface area contributed by atoms with E-state index in [2.05, 4.69) is 0 Å². The van der Waals surface area contributed by atoms with E-state index in [0.717, 1.165) is 24.8 Å². The van der Waals surface area contributed by atoms with Gasteiger partial charge in [0.2, 0.25) is 0 Å². The van der Waals surface area contributed by atoms with E-state index in [1.165, 1.54) is 12.0 Å². The summed E-state index contributed by atoms with van der Waals surface area (Å²) in [6.07, 6.45) is 4.27. The van der Waals surface area contributed by atoms with Gasteiger partial charge < -0.3 is 4.74 Å². The largest absolute Gasteiger partial charge is 0.466 e. The molecule has 0 aromatic carbocycles. The number of Topliss-reactive ketones (excluding diaryl/α,β-unsaturated/α-hetero) is 1. The molecule has 0 spiro atoms. The first-order valence-electron chi connectivity index (χ1n) is 6.18. The quantitative estimate of drug-likeness (QED) is 0.667. The van der Waals surface area contributed by atoms with Crippen LogP contribution in [-0.4, -0.2) is 18.4 Å². The average molecular weight is 220 g/mol. The number of fused-ring (bicyclic) bond motifs is 2. The van der Waals surface area contributed by atoms with Crippen molar-refractivity contribution in [3.63, 3.8) is 0 Å². The van der Waals surface area contributed by atoms with Crippen molar-refractivity contribution in [2.24, 2.45) is 17.8 Å². The summed E-state index contributed by atoms with van der Waals surface area (Å²) in [7, 11) is 0. The van der Waals surface area contributed by atoms with Gasteiger partial charge in [-0.25, -0.2) is 0 Å². The van der Waals surface area contributed by atoms with E-state index in [0.29, 0.717) is 6.61 Å². The lowest BCUT2D eigenvalue weighted by molar-refractivity contribution is -0.146. The van der Waals surface area contributed by atoms with E-state index in [4.69, 9.17) is 4.74 Å². The van der Waals surface area contributed by atoms with Gasteiger partial charge in [0.05, 0.1) is 12.5 Å². The van der Waals surface area contributed by atoms with E-state index in [1.54, 1.807) is 0 Å². The number of carbonyl (C=O) groups excluding carboxylic acids is 2. The van der Waals surface area contributed by atoms with Gasteiger partial charge in [0, 0.05) is 11.8 Å². The molecule has 0 heterocycles. The Labute approximate surface area is 94.8 Å². The van der Waals surface area contributed by atoms with E-state index < -0.39 is 0 Å². The first-order chi connectivity index (χ1) is 7.75. The SMILES string of the molecule is CCOC(=O)[C@H]1[C@@H]2C(=O)C3=C(CCCC3)[C@H]12. The minimum atomic E-state index is -0.164. The van der Waals surface area contributed by atoms with Crippen LogP contribution < -0.4 is 0 Å². The molecule has 0 aromatic heterocycles. The van der Waals surface area contributed by atoms with Crippen molar-refractivity contribution >= 4 is 11.8 Å². The summed E-state index contributed by atoms with van der Waals surface area (Å²) in [6, 6.07) is 0. The number of ether oxygens (including phenoxy) is 1. The third kappa shape index (κ3) is 1.20. The molecule has 3 rings (SSSR count). The van der Waals surface area contributed by atoms with Gasteiger partial charge in [-0.15, -0.1) is 0 Å². The summed E-state index contributed by atoms with van der Waals surface area (Å²) >= 11 is 0. The fourth-order valence-electron chi connectivity index (χ4n) is 3.38. The third-order valence-electron chi connectivity index (χ3n) is 4.09. The van der Waals surface area contributed by atoms with Crippen LogP contribution in [0.1, 0.15) is 32.6 Å². The summed E-state index contributed by atoms with van der Waals surface area (Å²) in [5.41, 5.74) is 2.35. The number of esters is 1. The normalized spacial score (nSPS) is 35.8. The van der Waals surface area contributed by atoms with Crippen molar-refractivity contribution in [3.8, 4) is 0 Å². The van der Waals surface area contributed by atoms with Crippen molar-refractivity contribution < 1.29 is 14.3 Å². The van der Waals surface area contributed by atoms with Crippen LogP contribution in [0.5, 0.6) is 0 Å². The number of rotatable bonds is 2. The van der Waals surface area contributed by atoms with Crippen molar-refractivity contribution in [2.45, 2.75) is 32.6 Å². The molecular weight excluding hydrogens is 204 g/mol. The number of ketones is 1. The molecule has 3 heteroatoms. The minimum Gasteiger partial charge on any atom is -0.466 e. The minimum absolute atomic E-state index is 0.0397. The van der Waals surface area contributed by atoms with Gasteiger partial charge in [-0.2, -0.15) is 0 Å². The summed E-state index contributed by atoms with van der Waals surface area (Å²) in [5.74, 6) is 0.133. The van der Waals surface area contributed by atoms with Crippen LogP contribution in [0.25, 0.3) is 0 Å². The monoisotopic (exact) mass is 220 g/mol. The first-order valence-corrected chi connectivity index (χ1v) is 6.18. The van der Waals surface area contributed by atoms with Gasteiger partial charge in [-0.05, 0) is 38.2 Å². The van der Waals surface area contributed by atoms with Gasteiger partial charge >= 0.3 is 5.97 Å². The third-order valence-corrected chi connectivity index (χ3v) is 4.09. The molecule has 0 aromatic rings. The van der Waals surface area contributed by atoms with Crippen LogP contribution in [-0.2, 0) is 14.3 Å². The molecule has 86 valence electrons. The molecular formula is C13H16O3. The standard InChI is InChI=1S/C13H16O3/c1-2-16-13(15)11-9-7-5-3-4-6-8(7)12(14)10(9)11/h9-11H,2-6H2,1H3/t9-,10+,11+/m0/s1. The zero-order valence-electron chi connectivity index (χ0n) is 9.49. The molecule has 0 aliphatic heterocycles. The van der Waals surface area contributed by atoms with Gasteiger partial charge in [0.15, 0.2) is 5.78 Å². The summed E-state index contributed by atoms with van der Waals surface area (Å²) in [4.78, 5) is 23.7. The maximum absolute atomic E-state index is 12.0. The zero-order valence-corrected chi connectivity index (χ0v) is 9.49. The highest BCUT2D eigenvalue weighted by atomic mass is 16.5. The molecule has 1 fully saturated rings. The number of hydrogen-bond donors (Lipinski definition) is 0. The lowest BCUT2D eigenvalue weighted by Crippen LogP contribution is -2.16. The molecule has 0 radical (unpaired) electrons. The lowest BCUT2D eigenvalue weighted by Gasteiger charge is -2.16.